The van der Waals surface area contributed by atoms with E-state index in [0.29, 0.717) is 0 Å². The number of pyridine rings is 1. The van der Waals surface area contributed by atoms with E-state index in [9.17, 15) is 0 Å². The molecule has 3 heteroatoms. The first-order valence-electron chi connectivity index (χ1n) is 7.67. The van der Waals surface area contributed by atoms with Crippen LogP contribution in [0.5, 0.6) is 0 Å². The Bertz CT molecular complexity index is 389. The van der Waals surface area contributed by atoms with Crippen molar-refractivity contribution in [1.82, 2.24) is 15.2 Å². The van der Waals surface area contributed by atoms with Crippen molar-refractivity contribution in [3.05, 3.63) is 29.6 Å². The van der Waals surface area contributed by atoms with Gasteiger partial charge in [0, 0.05) is 24.5 Å². The van der Waals surface area contributed by atoms with E-state index in [1.54, 1.807) is 0 Å². The lowest BCUT2D eigenvalue weighted by Crippen LogP contribution is -2.42. The van der Waals surface area contributed by atoms with Crippen LogP contribution >= 0.6 is 0 Å². The van der Waals surface area contributed by atoms with Gasteiger partial charge in [-0.25, -0.2) is 0 Å². The molecule has 1 aliphatic carbocycles. The van der Waals surface area contributed by atoms with Crippen LogP contribution in [0.15, 0.2) is 18.3 Å². The zero-order chi connectivity index (χ0) is 13.1. The number of hydrogen-bond acceptors (Lipinski definition) is 3. The highest BCUT2D eigenvalue weighted by atomic mass is 15.1. The second kappa shape index (κ2) is 6.02. The van der Waals surface area contributed by atoms with Crippen molar-refractivity contribution in [3.63, 3.8) is 0 Å². The third kappa shape index (κ3) is 4.02. The van der Waals surface area contributed by atoms with Gasteiger partial charge in [-0.3, -0.25) is 9.88 Å². The van der Waals surface area contributed by atoms with Crippen molar-refractivity contribution >= 4 is 0 Å². The van der Waals surface area contributed by atoms with E-state index in [0.717, 1.165) is 24.2 Å². The lowest BCUT2D eigenvalue weighted by molar-refractivity contribution is 0.190. The molecule has 1 aliphatic heterocycles. The van der Waals surface area contributed by atoms with Gasteiger partial charge in [-0.15, -0.1) is 0 Å². The first-order valence-corrected chi connectivity index (χ1v) is 7.67. The molecule has 104 valence electrons. The van der Waals surface area contributed by atoms with Gasteiger partial charge >= 0.3 is 0 Å². The molecule has 0 radical (unpaired) electrons. The molecule has 0 unspecified atom stereocenters. The summed E-state index contributed by atoms with van der Waals surface area (Å²) in [5, 5.41) is 3.74. The molecule has 2 heterocycles. The van der Waals surface area contributed by atoms with E-state index < -0.39 is 0 Å². The highest BCUT2D eigenvalue weighted by molar-refractivity contribution is 5.13. The number of nitrogens with one attached hydrogen (secondary N) is 1. The monoisotopic (exact) mass is 259 g/mol. The van der Waals surface area contributed by atoms with Gasteiger partial charge in [0.25, 0.3) is 0 Å². The summed E-state index contributed by atoms with van der Waals surface area (Å²) in [5.41, 5.74) is 2.45. The predicted molar refractivity (Wildman–Crippen MR) is 78.0 cm³/mol. The molecule has 3 rings (SSSR count). The van der Waals surface area contributed by atoms with Crippen LogP contribution in [0.25, 0.3) is 0 Å². The van der Waals surface area contributed by atoms with Crippen molar-refractivity contribution < 1.29 is 0 Å². The molecular formula is C16H25N3. The van der Waals surface area contributed by atoms with Crippen LogP contribution < -0.4 is 5.32 Å². The molecule has 0 amide bonds. The Balaban J connectivity index is 1.40. The molecular weight excluding hydrogens is 234 g/mol. The zero-order valence-electron chi connectivity index (χ0n) is 11.9. The van der Waals surface area contributed by atoms with Gasteiger partial charge in [0.2, 0.25) is 0 Å². The Morgan fingerprint density at radius 2 is 2.00 bits per heavy atom. The predicted octanol–water partition coefficient (Wildman–Crippen LogP) is 2.35. The second-order valence-corrected chi connectivity index (χ2v) is 6.21. The minimum Gasteiger partial charge on any atom is -0.314 e. The molecule has 1 N–H and O–H groups in total. The zero-order valence-corrected chi connectivity index (χ0v) is 11.9. The van der Waals surface area contributed by atoms with Crippen molar-refractivity contribution in [2.75, 3.05) is 19.6 Å². The van der Waals surface area contributed by atoms with Crippen LogP contribution in [-0.2, 0) is 6.54 Å². The van der Waals surface area contributed by atoms with Gasteiger partial charge in [-0.05, 0) is 69.8 Å². The molecule has 0 bridgehead atoms. The summed E-state index contributed by atoms with van der Waals surface area (Å²) in [5.74, 6) is 0.997. The van der Waals surface area contributed by atoms with E-state index in [-0.39, 0.29) is 0 Å². The van der Waals surface area contributed by atoms with Crippen LogP contribution in [0, 0.1) is 12.8 Å². The smallest absolute Gasteiger partial charge is 0.0372 e. The fraction of sp³-hybridized carbons (Fsp3) is 0.688. The van der Waals surface area contributed by atoms with Crippen molar-refractivity contribution in [3.8, 4) is 0 Å². The third-order valence-electron chi connectivity index (χ3n) is 4.36. The highest BCUT2D eigenvalue weighted by Crippen LogP contribution is 2.28. The molecule has 1 saturated carbocycles. The van der Waals surface area contributed by atoms with Gasteiger partial charge < -0.3 is 5.32 Å². The molecule has 1 aromatic heterocycles. The SMILES string of the molecule is Cc1ccc(CN2CCC(NCC3CC3)CC2)cn1. The van der Waals surface area contributed by atoms with Gasteiger partial charge in [0.15, 0.2) is 0 Å². The van der Waals surface area contributed by atoms with Crippen LogP contribution in [0.4, 0.5) is 0 Å². The third-order valence-corrected chi connectivity index (χ3v) is 4.36. The highest BCUT2D eigenvalue weighted by Gasteiger charge is 2.24. The molecule has 2 fully saturated rings. The Labute approximate surface area is 116 Å². The molecule has 2 aliphatic rings. The number of rotatable bonds is 5. The van der Waals surface area contributed by atoms with Gasteiger partial charge in [-0.2, -0.15) is 0 Å². The molecule has 1 saturated heterocycles. The molecule has 0 spiro atoms. The Kier molecular flexibility index (Phi) is 4.14. The maximum atomic E-state index is 4.38. The molecule has 0 atom stereocenters. The van der Waals surface area contributed by atoms with Crippen LogP contribution in [0.1, 0.15) is 36.9 Å². The maximum Gasteiger partial charge on any atom is 0.0372 e. The van der Waals surface area contributed by atoms with Crippen molar-refractivity contribution in [2.45, 2.75) is 45.2 Å². The summed E-state index contributed by atoms with van der Waals surface area (Å²) in [6.45, 7) is 6.79. The number of aryl methyl sites for hydroxylation is 1. The lowest BCUT2D eigenvalue weighted by Gasteiger charge is -2.32. The fourth-order valence-corrected chi connectivity index (χ4v) is 2.80. The lowest BCUT2D eigenvalue weighted by atomic mass is 10.0. The number of nitrogens with zero attached hydrogens (tertiary/aromatic N) is 2. The Morgan fingerprint density at radius 1 is 1.21 bits per heavy atom. The van der Waals surface area contributed by atoms with Crippen molar-refractivity contribution in [2.24, 2.45) is 5.92 Å². The topological polar surface area (TPSA) is 28.2 Å². The minimum atomic E-state index is 0.757. The second-order valence-electron chi connectivity index (χ2n) is 6.21. The molecule has 19 heavy (non-hydrogen) atoms. The summed E-state index contributed by atoms with van der Waals surface area (Å²) in [6.07, 6.45) is 7.52. The summed E-state index contributed by atoms with van der Waals surface area (Å²) in [4.78, 5) is 6.93. The number of piperidine rings is 1. The molecule has 3 nitrogen and oxygen atoms in total. The van der Waals surface area contributed by atoms with E-state index in [2.05, 4.69) is 27.3 Å². The standard InChI is InChI=1S/C16H25N3/c1-13-2-3-15(11-17-13)12-19-8-6-16(7-9-19)18-10-14-4-5-14/h2-3,11,14,16,18H,4-10,12H2,1H3. The summed E-state index contributed by atoms with van der Waals surface area (Å²) in [6, 6.07) is 5.08. The Morgan fingerprint density at radius 3 is 2.63 bits per heavy atom. The van der Waals surface area contributed by atoms with Gasteiger partial charge in [0.05, 0.1) is 0 Å². The number of likely N-dealkylation sites (tertiary alicyclic amines) is 1. The number of hydrogen-bond donors (Lipinski definition) is 1. The van der Waals surface area contributed by atoms with Crippen LogP contribution in [-0.4, -0.2) is 35.6 Å². The van der Waals surface area contributed by atoms with Crippen LogP contribution in [0.3, 0.4) is 0 Å². The van der Waals surface area contributed by atoms with E-state index in [4.69, 9.17) is 0 Å². The van der Waals surface area contributed by atoms with Gasteiger partial charge in [0.1, 0.15) is 0 Å². The largest absolute Gasteiger partial charge is 0.314 e. The first-order chi connectivity index (χ1) is 9.29. The first kappa shape index (κ1) is 13.1. The Hall–Kier alpha value is -0.930. The quantitative estimate of drug-likeness (QED) is 0.880. The van der Waals surface area contributed by atoms with Crippen LogP contribution in [0.2, 0.25) is 0 Å². The average molecular weight is 259 g/mol. The molecule has 0 aromatic carbocycles. The summed E-state index contributed by atoms with van der Waals surface area (Å²) < 4.78 is 0. The van der Waals surface area contributed by atoms with Crippen molar-refractivity contribution in [1.29, 1.82) is 0 Å². The van der Waals surface area contributed by atoms with E-state index in [1.165, 1.54) is 50.9 Å². The fourth-order valence-electron chi connectivity index (χ4n) is 2.80. The van der Waals surface area contributed by atoms with E-state index >= 15 is 0 Å². The number of aromatic nitrogens is 1. The minimum absolute atomic E-state index is 0.757. The normalized spacial score (nSPS) is 21.7. The maximum absolute atomic E-state index is 4.38. The molecule has 1 aromatic rings. The summed E-state index contributed by atoms with van der Waals surface area (Å²) in [7, 11) is 0. The average Bonchev–Trinajstić information content (AvgIpc) is 3.25. The van der Waals surface area contributed by atoms with E-state index in [1.807, 2.05) is 13.1 Å². The summed E-state index contributed by atoms with van der Waals surface area (Å²) >= 11 is 0. The van der Waals surface area contributed by atoms with Gasteiger partial charge in [-0.1, -0.05) is 6.07 Å².